The Labute approximate surface area is 185 Å². The molecule has 0 radical (unpaired) electrons. The average molecular weight is 457 g/mol. The van der Waals surface area contributed by atoms with Crippen molar-refractivity contribution in [1.82, 2.24) is 4.57 Å². The number of aromatic nitrogens is 1. The number of thiazole rings is 1. The van der Waals surface area contributed by atoms with Gasteiger partial charge < -0.3 is 14.0 Å². The molecule has 0 aliphatic heterocycles. The molecule has 1 aromatic heterocycles. The molecule has 0 saturated heterocycles. The smallest absolute Gasteiger partial charge is 0.338 e. The van der Waals surface area contributed by atoms with Crippen molar-refractivity contribution in [3.63, 3.8) is 0 Å². The van der Waals surface area contributed by atoms with Gasteiger partial charge in [0.05, 0.1) is 33.9 Å². The molecule has 0 atom stereocenters. The van der Waals surface area contributed by atoms with E-state index in [4.69, 9.17) is 9.47 Å². The summed E-state index contributed by atoms with van der Waals surface area (Å²) in [5, 5.41) is 10.8. The van der Waals surface area contributed by atoms with E-state index < -0.39 is 22.8 Å². The first-order valence-corrected chi connectivity index (χ1v) is 10.4. The van der Waals surface area contributed by atoms with Crippen LogP contribution in [0, 0.1) is 10.1 Å². The van der Waals surface area contributed by atoms with E-state index in [0.717, 1.165) is 11.3 Å². The number of esters is 2. The average Bonchev–Trinajstić information content (AvgIpc) is 3.10. The van der Waals surface area contributed by atoms with Crippen molar-refractivity contribution in [3.8, 4) is 0 Å². The summed E-state index contributed by atoms with van der Waals surface area (Å²) in [5.74, 6) is -1.62. The van der Waals surface area contributed by atoms with Gasteiger partial charge in [-0.1, -0.05) is 11.3 Å². The van der Waals surface area contributed by atoms with E-state index in [1.165, 1.54) is 28.8 Å². The maximum absolute atomic E-state index is 12.7. The molecule has 1 amide bonds. The maximum atomic E-state index is 12.7. The Morgan fingerprint density at radius 3 is 2.31 bits per heavy atom. The summed E-state index contributed by atoms with van der Waals surface area (Å²) in [6, 6.07) is 9.87. The molecular formula is C21H19N3O7S. The van der Waals surface area contributed by atoms with Crippen molar-refractivity contribution in [2.24, 2.45) is 4.99 Å². The van der Waals surface area contributed by atoms with E-state index in [2.05, 4.69) is 4.99 Å². The van der Waals surface area contributed by atoms with Gasteiger partial charge in [-0.3, -0.25) is 19.7 Å². The first-order valence-electron chi connectivity index (χ1n) is 9.63. The first-order chi connectivity index (χ1) is 15.3. The van der Waals surface area contributed by atoms with Crippen LogP contribution in [0.25, 0.3) is 10.2 Å². The zero-order chi connectivity index (χ0) is 23.3. The third kappa shape index (κ3) is 5.06. The van der Waals surface area contributed by atoms with Crippen LogP contribution in [0.4, 0.5) is 5.69 Å². The molecule has 11 heteroatoms. The minimum atomic E-state index is -0.630. The van der Waals surface area contributed by atoms with Crippen molar-refractivity contribution in [2.45, 2.75) is 20.4 Å². The summed E-state index contributed by atoms with van der Waals surface area (Å²) < 4.78 is 12.2. The van der Waals surface area contributed by atoms with E-state index in [-0.39, 0.29) is 35.8 Å². The van der Waals surface area contributed by atoms with E-state index in [1.54, 1.807) is 32.0 Å². The number of rotatable bonds is 7. The number of hydrogen-bond donors (Lipinski definition) is 0. The van der Waals surface area contributed by atoms with Crippen LogP contribution in [-0.4, -0.2) is 40.5 Å². The standard InChI is InChI=1S/C21H19N3O7S/c1-3-30-18(25)12-23-16-10-7-14(20(27)31-4-2)11-17(16)32-21(23)22-19(26)13-5-8-15(9-6-13)24(28)29/h5-11H,3-4,12H2,1-2H3. The molecule has 3 aromatic rings. The third-order valence-corrected chi connectivity index (χ3v) is 5.35. The molecule has 0 bridgehead atoms. The number of carbonyl (C=O) groups excluding carboxylic acids is 3. The lowest BCUT2D eigenvalue weighted by molar-refractivity contribution is -0.384. The number of nitro benzene ring substituents is 1. The molecule has 3 rings (SSSR count). The lowest BCUT2D eigenvalue weighted by atomic mass is 10.2. The summed E-state index contributed by atoms with van der Waals surface area (Å²) in [6.07, 6.45) is 0. The number of carbonyl (C=O) groups is 3. The molecule has 0 N–H and O–H groups in total. The van der Waals surface area contributed by atoms with Crippen molar-refractivity contribution in [3.05, 3.63) is 68.5 Å². The van der Waals surface area contributed by atoms with Gasteiger partial charge >= 0.3 is 11.9 Å². The number of ether oxygens (including phenoxy) is 2. The molecule has 10 nitrogen and oxygen atoms in total. The molecular weight excluding hydrogens is 438 g/mol. The van der Waals surface area contributed by atoms with Crippen LogP contribution in [-0.2, 0) is 20.8 Å². The predicted octanol–water partition coefficient (Wildman–Crippen LogP) is 3.09. The monoisotopic (exact) mass is 457 g/mol. The molecule has 0 aliphatic rings. The summed E-state index contributed by atoms with van der Waals surface area (Å²) in [6.45, 7) is 3.63. The minimum Gasteiger partial charge on any atom is -0.465 e. The van der Waals surface area contributed by atoms with Crippen molar-refractivity contribution < 1.29 is 28.8 Å². The summed E-state index contributed by atoms with van der Waals surface area (Å²) in [7, 11) is 0. The zero-order valence-corrected chi connectivity index (χ0v) is 18.1. The molecule has 0 aliphatic carbocycles. The van der Waals surface area contributed by atoms with E-state index in [0.29, 0.717) is 15.8 Å². The fourth-order valence-corrected chi connectivity index (χ4v) is 3.93. The molecule has 0 unspecified atom stereocenters. The Morgan fingerprint density at radius 2 is 1.69 bits per heavy atom. The van der Waals surface area contributed by atoms with Gasteiger partial charge in [0.2, 0.25) is 0 Å². The Kier molecular flexibility index (Phi) is 7.11. The second-order valence-electron chi connectivity index (χ2n) is 6.40. The topological polar surface area (TPSA) is 130 Å². The van der Waals surface area contributed by atoms with Crippen LogP contribution in [0.2, 0.25) is 0 Å². The maximum Gasteiger partial charge on any atom is 0.338 e. The molecule has 32 heavy (non-hydrogen) atoms. The normalized spacial score (nSPS) is 11.4. The van der Waals surface area contributed by atoms with Gasteiger partial charge in [-0.15, -0.1) is 0 Å². The van der Waals surface area contributed by atoms with Crippen molar-refractivity contribution in [1.29, 1.82) is 0 Å². The fraction of sp³-hybridized carbons (Fsp3) is 0.238. The van der Waals surface area contributed by atoms with Crippen LogP contribution < -0.4 is 4.80 Å². The van der Waals surface area contributed by atoms with Gasteiger partial charge in [-0.05, 0) is 44.2 Å². The molecule has 166 valence electrons. The minimum absolute atomic E-state index is 0.146. The molecule has 1 heterocycles. The van der Waals surface area contributed by atoms with E-state index >= 15 is 0 Å². The Bertz CT molecular complexity index is 1260. The van der Waals surface area contributed by atoms with Crippen LogP contribution in [0.15, 0.2) is 47.5 Å². The van der Waals surface area contributed by atoms with Gasteiger partial charge in [0.15, 0.2) is 4.80 Å². The summed E-state index contributed by atoms with van der Waals surface area (Å²) in [4.78, 5) is 51.4. The largest absolute Gasteiger partial charge is 0.465 e. The summed E-state index contributed by atoms with van der Waals surface area (Å²) in [5.41, 5.74) is 0.929. The van der Waals surface area contributed by atoms with Crippen molar-refractivity contribution in [2.75, 3.05) is 13.2 Å². The van der Waals surface area contributed by atoms with E-state index in [9.17, 15) is 24.5 Å². The second-order valence-corrected chi connectivity index (χ2v) is 7.41. The number of nitrogens with zero attached hydrogens (tertiary/aromatic N) is 3. The van der Waals surface area contributed by atoms with Gasteiger partial charge in [-0.2, -0.15) is 4.99 Å². The predicted molar refractivity (Wildman–Crippen MR) is 115 cm³/mol. The van der Waals surface area contributed by atoms with Gasteiger partial charge in [-0.25, -0.2) is 4.79 Å². The van der Waals surface area contributed by atoms with E-state index in [1.807, 2.05) is 0 Å². The number of nitro groups is 1. The number of hydrogen-bond acceptors (Lipinski definition) is 8. The van der Waals surface area contributed by atoms with Gasteiger partial charge in [0.25, 0.3) is 11.6 Å². The lowest BCUT2D eigenvalue weighted by Gasteiger charge is -2.06. The fourth-order valence-electron chi connectivity index (χ4n) is 2.87. The van der Waals surface area contributed by atoms with Crippen LogP contribution >= 0.6 is 11.3 Å². The molecule has 0 spiro atoms. The molecule has 0 fully saturated rings. The second kappa shape index (κ2) is 9.96. The number of amides is 1. The van der Waals surface area contributed by atoms with Crippen molar-refractivity contribution >= 4 is 45.1 Å². The van der Waals surface area contributed by atoms with Crippen LogP contribution in [0.1, 0.15) is 34.6 Å². The third-order valence-electron chi connectivity index (χ3n) is 4.31. The van der Waals surface area contributed by atoms with Gasteiger partial charge in [0, 0.05) is 17.7 Å². The Hall–Kier alpha value is -3.86. The number of benzene rings is 2. The lowest BCUT2D eigenvalue weighted by Crippen LogP contribution is -2.23. The highest BCUT2D eigenvalue weighted by molar-refractivity contribution is 7.16. The molecule has 0 saturated carbocycles. The quantitative estimate of drug-likeness (QED) is 0.303. The zero-order valence-electron chi connectivity index (χ0n) is 17.3. The Balaban J connectivity index is 2.07. The number of non-ortho nitro benzene ring substituents is 1. The highest BCUT2D eigenvalue weighted by Crippen LogP contribution is 2.20. The van der Waals surface area contributed by atoms with Gasteiger partial charge in [0.1, 0.15) is 6.54 Å². The van der Waals surface area contributed by atoms with Crippen LogP contribution in [0.5, 0.6) is 0 Å². The highest BCUT2D eigenvalue weighted by Gasteiger charge is 2.16. The Morgan fingerprint density at radius 1 is 1.03 bits per heavy atom. The summed E-state index contributed by atoms with van der Waals surface area (Å²) >= 11 is 1.12. The first kappa shape index (κ1) is 22.8. The number of fused-ring (bicyclic) bond motifs is 1. The highest BCUT2D eigenvalue weighted by atomic mass is 32.1. The molecule has 2 aromatic carbocycles. The SMILES string of the molecule is CCOC(=O)Cn1c(=NC(=O)c2ccc([N+](=O)[O-])cc2)sc2cc(C(=O)OCC)ccc21. The van der Waals surface area contributed by atoms with Crippen LogP contribution in [0.3, 0.4) is 0 Å².